The van der Waals surface area contributed by atoms with Crippen LogP contribution < -0.4 is 0 Å². The van der Waals surface area contributed by atoms with E-state index in [4.69, 9.17) is 0 Å². The van der Waals surface area contributed by atoms with Crippen molar-refractivity contribution in [2.75, 3.05) is 7.11 Å². The number of carbonyl (C=O) groups excluding carboxylic acids is 1. The third-order valence-electron chi connectivity index (χ3n) is 2.77. The van der Waals surface area contributed by atoms with Gasteiger partial charge in [-0.2, -0.15) is 0 Å². The predicted octanol–water partition coefficient (Wildman–Crippen LogP) is 2.68. The number of esters is 1. The summed E-state index contributed by atoms with van der Waals surface area (Å²) >= 11 is 0. The van der Waals surface area contributed by atoms with E-state index in [1.807, 2.05) is 24.3 Å². The molecule has 2 rings (SSSR count). The van der Waals surface area contributed by atoms with Gasteiger partial charge in [-0.05, 0) is 41.5 Å². The van der Waals surface area contributed by atoms with Gasteiger partial charge in [0.25, 0.3) is 0 Å². The highest BCUT2D eigenvalue weighted by Crippen LogP contribution is 2.21. The maximum atomic E-state index is 11.4. The molecule has 0 heterocycles. The van der Waals surface area contributed by atoms with Gasteiger partial charge >= 0.3 is 5.97 Å². The van der Waals surface area contributed by atoms with Crippen molar-refractivity contribution >= 4 is 16.7 Å². The van der Waals surface area contributed by atoms with Crippen LogP contribution in [0, 0.1) is 0 Å². The summed E-state index contributed by atoms with van der Waals surface area (Å²) in [5.74, 6) is -0.341. The molecule has 0 fully saturated rings. The highest BCUT2D eigenvalue weighted by Gasteiger charge is 2.07. The Morgan fingerprint density at radius 2 is 1.82 bits per heavy atom. The number of methoxy groups -OCH3 is 1. The Labute approximate surface area is 99.6 Å². The van der Waals surface area contributed by atoms with Crippen LogP contribution >= 0.6 is 0 Å². The quantitative estimate of drug-likeness (QED) is 0.807. The van der Waals surface area contributed by atoms with Gasteiger partial charge in [0.05, 0.1) is 18.8 Å². The summed E-state index contributed by atoms with van der Waals surface area (Å²) in [6.45, 7) is 1.73. The average molecular weight is 230 g/mol. The first-order chi connectivity index (χ1) is 8.11. The van der Waals surface area contributed by atoms with Crippen LogP contribution in [-0.2, 0) is 4.74 Å². The summed E-state index contributed by atoms with van der Waals surface area (Å²) in [6.07, 6.45) is -0.486. The third kappa shape index (κ3) is 2.29. The van der Waals surface area contributed by atoms with E-state index in [-0.39, 0.29) is 5.97 Å². The summed E-state index contributed by atoms with van der Waals surface area (Å²) in [6, 6.07) is 11.0. The van der Waals surface area contributed by atoms with Crippen molar-refractivity contribution in [3.05, 3.63) is 47.5 Å². The Bertz CT molecular complexity index is 558. The molecular formula is C14H14O3. The fraction of sp³-hybridized carbons (Fsp3) is 0.214. The van der Waals surface area contributed by atoms with Crippen LogP contribution in [0.3, 0.4) is 0 Å². The van der Waals surface area contributed by atoms with E-state index in [1.165, 1.54) is 7.11 Å². The minimum Gasteiger partial charge on any atom is -0.465 e. The van der Waals surface area contributed by atoms with Crippen molar-refractivity contribution in [1.29, 1.82) is 0 Å². The normalized spacial score (nSPS) is 12.4. The molecule has 1 N–H and O–H groups in total. The lowest BCUT2D eigenvalue weighted by atomic mass is 10.0. The second-order valence-electron chi connectivity index (χ2n) is 3.99. The van der Waals surface area contributed by atoms with Crippen molar-refractivity contribution in [1.82, 2.24) is 0 Å². The van der Waals surface area contributed by atoms with Crippen molar-refractivity contribution in [3.63, 3.8) is 0 Å². The van der Waals surface area contributed by atoms with Crippen LogP contribution in [-0.4, -0.2) is 18.2 Å². The second-order valence-corrected chi connectivity index (χ2v) is 3.99. The molecule has 3 heteroatoms. The van der Waals surface area contributed by atoms with Crippen LogP contribution in [0.15, 0.2) is 36.4 Å². The summed E-state index contributed by atoms with van der Waals surface area (Å²) < 4.78 is 4.67. The molecule has 3 nitrogen and oxygen atoms in total. The predicted molar refractivity (Wildman–Crippen MR) is 65.9 cm³/mol. The van der Waals surface area contributed by atoms with Gasteiger partial charge in [0, 0.05) is 0 Å². The van der Waals surface area contributed by atoms with E-state index in [2.05, 4.69) is 4.74 Å². The van der Waals surface area contributed by atoms with Gasteiger partial charge in [-0.15, -0.1) is 0 Å². The molecule has 1 atom stereocenters. The topological polar surface area (TPSA) is 46.5 Å². The van der Waals surface area contributed by atoms with Crippen LogP contribution in [0.2, 0.25) is 0 Å². The first kappa shape index (κ1) is 11.6. The molecule has 2 aromatic rings. The van der Waals surface area contributed by atoms with Gasteiger partial charge in [-0.3, -0.25) is 0 Å². The Balaban J connectivity index is 2.50. The molecule has 2 aromatic carbocycles. The molecule has 0 amide bonds. The number of hydrogen-bond acceptors (Lipinski definition) is 3. The first-order valence-electron chi connectivity index (χ1n) is 5.42. The fourth-order valence-corrected chi connectivity index (χ4v) is 1.77. The van der Waals surface area contributed by atoms with Gasteiger partial charge in [-0.25, -0.2) is 4.79 Å². The van der Waals surface area contributed by atoms with Crippen molar-refractivity contribution < 1.29 is 14.6 Å². The molecule has 0 unspecified atom stereocenters. The minimum atomic E-state index is -0.486. The molecule has 0 aliphatic carbocycles. The molecule has 0 saturated heterocycles. The maximum Gasteiger partial charge on any atom is 0.337 e. The second kappa shape index (κ2) is 4.55. The number of hydrogen-bond donors (Lipinski definition) is 1. The Morgan fingerprint density at radius 3 is 2.47 bits per heavy atom. The molecule has 0 aromatic heterocycles. The fourth-order valence-electron chi connectivity index (χ4n) is 1.77. The molecule has 0 spiro atoms. The number of carbonyl (C=O) groups is 1. The number of ether oxygens (including phenoxy) is 1. The number of fused-ring (bicyclic) bond motifs is 1. The smallest absolute Gasteiger partial charge is 0.337 e. The molecule has 0 bridgehead atoms. The summed E-state index contributed by atoms with van der Waals surface area (Å²) in [7, 11) is 1.36. The lowest BCUT2D eigenvalue weighted by molar-refractivity contribution is 0.0601. The largest absolute Gasteiger partial charge is 0.465 e. The number of benzene rings is 2. The number of rotatable bonds is 2. The van der Waals surface area contributed by atoms with Gasteiger partial charge < -0.3 is 9.84 Å². The van der Waals surface area contributed by atoms with E-state index in [0.717, 1.165) is 16.3 Å². The minimum absolute atomic E-state index is 0.341. The van der Waals surface area contributed by atoms with E-state index in [9.17, 15) is 9.90 Å². The number of aliphatic hydroxyl groups is 1. The lowest BCUT2D eigenvalue weighted by Crippen LogP contribution is -2.00. The highest BCUT2D eigenvalue weighted by molar-refractivity contribution is 5.95. The lowest BCUT2D eigenvalue weighted by Gasteiger charge is -2.07. The van der Waals surface area contributed by atoms with Crippen LogP contribution in [0.4, 0.5) is 0 Å². The van der Waals surface area contributed by atoms with E-state index in [1.54, 1.807) is 19.1 Å². The Hall–Kier alpha value is -1.87. The molecule has 0 radical (unpaired) electrons. The van der Waals surface area contributed by atoms with Gasteiger partial charge in [0.1, 0.15) is 0 Å². The van der Waals surface area contributed by atoms with Gasteiger partial charge in [-0.1, -0.05) is 18.2 Å². The molecular weight excluding hydrogens is 216 g/mol. The zero-order valence-electron chi connectivity index (χ0n) is 9.81. The van der Waals surface area contributed by atoms with Gasteiger partial charge in [0.2, 0.25) is 0 Å². The first-order valence-corrected chi connectivity index (χ1v) is 5.42. The third-order valence-corrected chi connectivity index (χ3v) is 2.77. The summed E-state index contributed by atoms with van der Waals surface area (Å²) in [5.41, 5.74) is 1.40. The van der Waals surface area contributed by atoms with Crippen LogP contribution in [0.5, 0.6) is 0 Å². The zero-order valence-corrected chi connectivity index (χ0v) is 9.81. The highest BCUT2D eigenvalue weighted by atomic mass is 16.5. The van der Waals surface area contributed by atoms with E-state index >= 15 is 0 Å². The molecule has 0 saturated carbocycles. The maximum absolute atomic E-state index is 11.4. The zero-order chi connectivity index (χ0) is 12.4. The van der Waals surface area contributed by atoms with E-state index in [0.29, 0.717) is 5.56 Å². The van der Waals surface area contributed by atoms with Crippen molar-refractivity contribution in [2.45, 2.75) is 13.0 Å². The van der Waals surface area contributed by atoms with E-state index < -0.39 is 6.10 Å². The SMILES string of the molecule is COC(=O)c1ccc2cc([C@@H](C)O)ccc2c1. The van der Waals surface area contributed by atoms with Gasteiger partial charge in [0.15, 0.2) is 0 Å². The number of aliphatic hydroxyl groups excluding tert-OH is 1. The molecule has 88 valence electrons. The average Bonchev–Trinajstić information content (AvgIpc) is 2.36. The summed E-state index contributed by atoms with van der Waals surface area (Å²) in [4.78, 5) is 11.4. The molecule has 17 heavy (non-hydrogen) atoms. The molecule has 0 aliphatic rings. The standard InChI is InChI=1S/C14H14O3/c1-9(15)10-3-4-12-8-13(14(16)17-2)6-5-11(12)7-10/h3-9,15H,1-2H3/t9-/m1/s1. The monoisotopic (exact) mass is 230 g/mol. The van der Waals surface area contributed by atoms with Crippen molar-refractivity contribution in [2.24, 2.45) is 0 Å². The van der Waals surface area contributed by atoms with Crippen LogP contribution in [0.1, 0.15) is 28.9 Å². The summed E-state index contributed by atoms with van der Waals surface area (Å²) in [5, 5.41) is 11.4. The molecule has 0 aliphatic heterocycles. The Kier molecular flexibility index (Phi) is 3.11. The Morgan fingerprint density at radius 1 is 1.18 bits per heavy atom. The van der Waals surface area contributed by atoms with Crippen molar-refractivity contribution in [3.8, 4) is 0 Å². The van der Waals surface area contributed by atoms with Crippen LogP contribution in [0.25, 0.3) is 10.8 Å².